The van der Waals surface area contributed by atoms with E-state index in [2.05, 4.69) is 44.4 Å². The molecule has 1 aromatic heterocycles. The van der Waals surface area contributed by atoms with Crippen LogP contribution < -0.4 is 10.2 Å². The maximum Gasteiger partial charge on any atom is 0.227 e. The van der Waals surface area contributed by atoms with Crippen LogP contribution in [0.25, 0.3) is 22.4 Å². The lowest BCUT2D eigenvalue weighted by Gasteiger charge is -2.38. The second-order valence-electron chi connectivity index (χ2n) is 8.01. The minimum Gasteiger partial charge on any atom is -0.368 e. The lowest BCUT2D eigenvalue weighted by molar-refractivity contribution is -0.136. The van der Waals surface area contributed by atoms with Gasteiger partial charge in [-0.3, -0.25) is 4.79 Å². The van der Waals surface area contributed by atoms with Crippen LogP contribution in [0.4, 0.5) is 5.69 Å². The lowest BCUT2D eigenvalue weighted by Crippen LogP contribution is -2.52. The Hall–Kier alpha value is -2.86. The van der Waals surface area contributed by atoms with Crippen molar-refractivity contribution in [2.45, 2.75) is 12.8 Å². The first-order chi connectivity index (χ1) is 14.3. The van der Waals surface area contributed by atoms with Crippen molar-refractivity contribution in [1.82, 2.24) is 20.2 Å². The van der Waals surface area contributed by atoms with Gasteiger partial charge in [0.15, 0.2) is 0 Å². The predicted octanol–water partition coefficient (Wildman–Crippen LogP) is 2.88. The van der Waals surface area contributed by atoms with Crippen LogP contribution in [-0.4, -0.2) is 60.0 Å². The molecule has 0 aliphatic carbocycles. The molecule has 0 spiro atoms. The second-order valence-corrected chi connectivity index (χ2v) is 8.01. The zero-order valence-electron chi connectivity index (χ0n) is 16.6. The number of aromatic amines is 1. The van der Waals surface area contributed by atoms with E-state index >= 15 is 0 Å². The number of rotatable bonds is 3. The highest BCUT2D eigenvalue weighted by molar-refractivity contribution is 5.80. The number of imidazole rings is 1. The molecule has 1 unspecified atom stereocenters. The fourth-order valence-corrected chi connectivity index (χ4v) is 4.45. The maximum absolute atomic E-state index is 12.8. The van der Waals surface area contributed by atoms with Gasteiger partial charge in [0.1, 0.15) is 5.82 Å². The number of hydrogen-bond acceptors (Lipinski definition) is 4. The summed E-state index contributed by atoms with van der Waals surface area (Å²) in [6.07, 6.45) is 2.12. The number of fused-ring (bicyclic) bond motifs is 1. The highest BCUT2D eigenvalue weighted by Crippen LogP contribution is 2.26. The minimum absolute atomic E-state index is 0.159. The van der Waals surface area contributed by atoms with Crippen molar-refractivity contribution in [2.24, 2.45) is 5.92 Å². The number of nitrogens with zero attached hydrogens (tertiary/aromatic N) is 3. The number of piperazine rings is 1. The molecule has 2 saturated heterocycles. The van der Waals surface area contributed by atoms with Crippen molar-refractivity contribution in [3.05, 3.63) is 48.5 Å². The van der Waals surface area contributed by atoms with Gasteiger partial charge in [-0.15, -0.1) is 0 Å². The Bertz CT molecular complexity index is 966. The van der Waals surface area contributed by atoms with Crippen molar-refractivity contribution in [1.29, 1.82) is 0 Å². The molecule has 3 aromatic rings. The van der Waals surface area contributed by atoms with Gasteiger partial charge in [-0.1, -0.05) is 24.3 Å². The van der Waals surface area contributed by atoms with Gasteiger partial charge in [0.2, 0.25) is 5.91 Å². The normalized spacial score (nSPS) is 20.2. The van der Waals surface area contributed by atoms with E-state index < -0.39 is 0 Å². The van der Waals surface area contributed by atoms with Crippen LogP contribution in [0.1, 0.15) is 12.8 Å². The molecule has 3 heterocycles. The molecule has 2 aliphatic heterocycles. The SMILES string of the molecule is O=C(C1CCCNC1)N1CCN(c2cccc(-c3nc4ccccc4[nH]3)c2)CC1. The van der Waals surface area contributed by atoms with Crippen LogP contribution in [0.2, 0.25) is 0 Å². The monoisotopic (exact) mass is 389 g/mol. The number of carbonyl (C=O) groups excluding carboxylic acids is 1. The van der Waals surface area contributed by atoms with Gasteiger partial charge in [-0.05, 0) is 43.7 Å². The molecule has 0 radical (unpaired) electrons. The number of para-hydroxylation sites is 2. The van der Waals surface area contributed by atoms with E-state index in [9.17, 15) is 4.79 Å². The number of piperidine rings is 1. The van der Waals surface area contributed by atoms with Crippen molar-refractivity contribution >= 4 is 22.6 Å². The lowest BCUT2D eigenvalue weighted by atomic mass is 9.98. The van der Waals surface area contributed by atoms with Crippen LogP contribution in [0.15, 0.2) is 48.5 Å². The molecule has 29 heavy (non-hydrogen) atoms. The highest BCUT2D eigenvalue weighted by Gasteiger charge is 2.28. The summed E-state index contributed by atoms with van der Waals surface area (Å²) < 4.78 is 0. The molecule has 1 amide bonds. The van der Waals surface area contributed by atoms with Crippen LogP contribution in [-0.2, 0) is 4.79 Å². The molecule has 2 aliphatic rings. The number of amides is 1. The Kier molecular flexibility index (Phi) is 4.94. The van der Waals surface area contributed by atoms with E-state index in [1.54, 1.807) is 0 Å². The van der Waals surface area contributed by atoms with Gasteiger partial charge in [0.25, 0.3) is 0 Å². The van der Waals surface area contributed by atoms with Crippen molar-refractivity contribution in [3.8, 4) is 11.4 Å². The molecule has 2 aromatic carbocycles. The van der Waals surface area contributed by atoms with Gasteiger partial charge >= 0.3 is 0 Å². The fraction of sp³-hybridized carbons (Fsp3) is 0.391. The largest absolute Gasteiger partial charge is 0.368 e. The summed E-state index contributed by atoms with van der Waals surface area (Å²) >= 11 is 0. The predicted molar refractivity (Wildman–Crippen MR) is 116 cm³/mol. The summed E-state index contributed by atoms with van der Waals surface area (Å²) in [5.74, 6) is 1.38. The number of nitrogens with one attached hydrogen (secondary N) is 2. The summed E-state index contributed by atoms with van der Waals surface area (Å²) in [6, 6.07) is 16.6. The summed E-state index contributed by atoms with van der Waals surface area (Å²) in [4.78, 5) is 25.3. The third-order valence-electron chi connectivity index (χ3n) is 6.11. The molecule has 5 rings (SSSR count). The first-order valence-electron chi connectivity index (χ1n) is 10.6. The second kappa shape index (κ2) is 7.87. The Morgan fingerprint density at radius 1 is 1.03 bits per heavy atom. The molecule has 6 heteroatoms. The summed E-state index contributed by atoms with van der Waals surface area (Å²) in [5.41, 5.74) is 4.31. The van der Waals surface area contributed by atoms with E-state index in [-0.39, 0.29) is 5.92 Å². The molecule has 150 valence electrons. The molecular weight excluding hydrogens is 362 g/mol. The number of carbonyl (C=O) groups is 1. The van der Waals surface area contributed by atoms with E-state index in [4.69, 9.17) is 4.98 Å². The molecule has 6 nitrogen and oxygen atoms in total. The van der Waals surface area contributed by atoms with Crippen LogP contribution >= 0.6 is 0 Å². The van der Waals surface area contributed by atoms with Crippen LogP contribution in [0.3, 0.4) is 0 Å². The Labute approximate surface area is 170 Å². The molecule has 2 fully saturated rings. The van der Waals surface area contributed by atoms with E-state index in [0.29, 0.717) is 5.91 Å². The smallest absolute Gasteiger partial charge is 0.227 e. The average Bonchev–Trinajstić information content (AvgIpc) is 3.24. The van der Waals surface area contributed by atoms with Gasteiger partial charge < -0.3 is 20.1 Å². The number of H-pyrrole nitrogens is 1. The van der Waals surface area contributed by atoms with Gasteiger partial charge in [0.05, 0.1) is 17.0 Å². The van der Waals surface area contributed by atoms with Crippen LogP contribution in [0, 0.1) is 5.92 Å². The zero-order chi connectivity index (χ0) is 19.6. The minimum atomic E-state index is 0.159. The average molecular weight is 390 g/mol. The topological polar surface area (TPSA) is 64.3 Å². The molecule has 2 N–H and O–H groups in total. The number of aromatic nitrogens is 2. The summed E-state index contributed by atoms with van der Waals surface area (Å²) in [7, 11) is 0. The van der Waals surface area contributed by atoms with E-state index in [0.717, 1.165) is 74.5 Å². The zero-order valence-corrected chi connectivity index (χ0v) is 16.6. The number of hydrogen-bond donors (Lipinski definition) is 2. The third kappa shape index (κ3) is 3.72. The van der Waals surface area contributed by atoms with E-state index in [1.807, 2.05) is 24.3 Å². The van der Waals surface area contributed by atoms with Gasteiger partial charge in [-0.2, -0.15) is 0 Å². The van der Waals surface area contributed by atoms with Gasteiger partial charge in [0, 0.05) is 44.0 Å². The van der Waals surface area contributed by atoms with Gasteiger partial charge in [-0.25, -0.2) is 4.98 Å². The number of anilines is 1. The molecular formula is C23H27N5O. The van der Waals surface area contributed by atoms with Crippen LogP contribution in [0.5, 0.6) is 0 Å². The number of benzene rings is 2. The quantitative estimate of drug-likeness (QED) is 0.723. The maximum atomic E-state index is 12.8. The Morgan fingerprint density at radius 3 is 2.69 bits per heavy atom. The standard InChI is InChI=1S/C23H27N5O/c29-23(18-6-4-10-24-16-18)28-13-11-27(12-14-28)19-7-3-5-17(15-19)22-25-20-8-1-2-9-21(20)26-22/h1-3,5,7-9,15,18,24H,4,6,10-14,16H2,(H,25,26). The Morgan fingerprint density at radius 2 is 1.90 bits per heavy atom. The molecule has 0 bridgehead atoms. The first-order valence-corrected chi connectivity index (χ1v) is 10.6. The molecule has 1 atom stereocenters. The van der Waals surface area contributed by atoms with E-state index in [1.165, 1.54) is 5.69 Å². The first kappa shape index (κ1) is 18.2. The van der Waals surface area contributed by atoms with Crippen molar-refractivity contribution in [2.75, 3.05) is 44.2 Å². The highest BCUT2D eigenvalue weighted by atomic mass is 16.2. The third-order valence-corrected chi connectivity index (χ3v) is 6.11. The summed E-state index contributed by atoms with van der Waals surface area (Å²) in [5, 5.41) is 3.35. The fourth-order valence-electron chi connectivity index (χ4n) is 4.45. The summed E-state index contributed by atoms with van der Waals surface area (Å²) in [6.45, 7) is 5.21. The molecule has 0 saturated carbocycles. The Balaban J connectivity index is 1.27. The van der Waals surface area contributed by atoms with Crippen molar-refractivity contribution in [3.63, 3.8) is 0 Å². The van der Waals surface area contributed by atoms with Crippen molar-refractivity contribution < 1.29 is 4.79 Å².